The van der Waals surface area contributed by atoms with Crippen LogP contribution in [0, 0.1) is 0 Å². The molecule has 0 saturated carbocycles. The fourth-order valence-corrected chi connectivity index (χ4v) is 2.09. The van der Waals surface area contributed by atoms with Crippen LogP contribution in [-0.4, -0.2) is 50.0 Å². The Labute approximate surface area is 128 Å². The van der Waals surface area contributed by atoms with Crippen LogP contribution in [0.2, 0.25) is 0 Å². The van der Waals surface area contributed by atoms with E-state index >= 15 is 0 Å². The third-order valence-corrected chi connectivity index (χ3v) is 3.26. The van der Waals surface area contributed by atoms with Gasteiger partial charge in [-0.15, -0.1) is 5.10 Å². The van der Waals surface area contributed by atoms with Crippen LogP contribution in [0.25, 0.3) is 0 Å². The van der Waals surface area contributed by atoms with Gasteiger partial charge in [0.2, 0.25) is 5.88 Å². The van der Waals surface area contributed by atoms with Gasteiger partial charge < -0.3 is 9.64 Å². The molecule has 0 atom stereocenters. The number of aromatic nitrogens is 4. The third-order valence-electron chi connectivity index (χ3n) is 3.26. The van der Waals surface area contributed by atoms with Gasteiger partial charge in [-0.1, -0.05) is 11.3 Å². The second-order valence-corrected chi connectivity index (χ2v) is 5.09. The van der Waals surface area contributed by atoms with E-state index in [4.69, 9.17) is 4.74 Å². The Hall–Kier alpha value is -2.65. The number of aryl methyl sites for hydroxylation is 1. The average molecular weight is 327 g/mol. The van der Waals surface area contributed by atoms with Crippen molar-refractivity contribution in [3.05, 3.63) is 35.8 Å². The molecule has 3 heterocycles. The molecule has 10 heteroatoms. The van der Waals surface area contributed by atoms with E-state index in [9.17, 15) is 18.0 Å². The number of nitrogens with zero attached hydrogens (tertiary/aromatic N) is 5. The Balaban J connectivity index is 1.57. The average Bonchev–Trinajstić information content (AvgIpc) is 2.88. The molecule has 0 N–H and O–H groups in total. The number of alkyl halides is 3. The van der Waals surface area contributed by atoms with Crippen molar-refractivity contribution in [2.45, 2.75) is 12.3 Å². The lowest BCUT2D eigenvalue weighted by Gasteiger charge is -2.38. The Kier molecular flexibility index (Phi) is 3.66. The predicted octanol–water partition coefficient (Wildman–Crippen LogP) is 1.13. The van der Waals surface area contributed by atoms with Gasteiger partial charge in [0.25, 0.3) is 5.91 Å². The summed E-state index contributed by atoms with van der Waals surface area (Å²) >= 11 is 0. The minimum Gasteiger partial charge on any atom is -0.471 e. The summed E-state index contributed by atoms with van der Waals surface area (Å²) in [5, 5.41) is 7.38. The number of carbonyl (C=O) groups excluding carboxylic acids is 1. The molecule has 0 radical (unpaired) electrons. The molecule has 0 aromatic carbocycles. The monoisotopic (exact) mass is 327 g/mol. The number of ether oxygens (including phenoxy) is 1. The first-order valence-electron chi connectivity index (χ1n) is 6.69. The molecule has 0 aliphatic carbocycles. The van der Waals surface area contributed by atoms with Gasteiger partial charge in [0.15, 0.2) is 5.69 Å². The molecule has 122 valence electrons. The molecule has 1 aliphatic heterocycles. The van der Waals surface area contributed by atoms with Crippen molar-refractivity contribution in [3.63, 3.8) is 0 Å². The van der Waals surface area contributed by atoms with Crippen LogP contribution in [0.1, 0.15) is 16.2 Å². The van der Waals surface area contributed by atoms with Crippen LogP contribution in [0.15, 0.2) is 24.4 Å². The number of carbonyl (C=O) groups is 1. The fraction of sp³-hybridized carbons (Fsp3) is 0.385. The summed E-state index contributed by atoms with van der Waals surface area (Å²) in [7, 11) is 1.64. The van der Waals surface area contributed by atoms with Gasteiger partial charge >= 0.3 is 6.18 Å². The molecule has 1 saturated heterocycles. The van der Waals surface area contributed by atoms with Crippen LogP contribution >= 0.6 is 0 Å². The summed E-state index contributed by atoms with van der Waals surface area (Å²) in [6.07, 6.45) is -3.43. The van der Waals surface area contributed by atoms with E-state index in [0.29, 0.717) is 0 Å². The smallest absolute Gasteiger partial charge is 0.433 e. The van der Waals surface area contributed by atoms with E-state index in [1.165, 1.54) is 27.9 Å². The number of pyridine rings is 1. The maximum absolute atomic E-state index is 12.6. The van der Waals surface area contributed by atoms with E-state index in [-0.39, 0.29) is 30.6 Å². The van der Waals surface area contributed by atoms with Gasteiger partial charge in [-0.25, -0.2) is 4.98 Å². The molecule has 1 amide bonds. The molecule has 3 rings (SSSR count). The Bertz CT molecular complexity index is 724. The zero-order valence-electron chi connectivity index (χ0n) is 12.0. The predicted molar refractivity (Wildman–Crippen MR) is 70.6 cm³/mol. The molecule has 23 heavy (non-hydrogen) atoms. The summed E-state index contributed by atoms with van der Waals surface area (Å²) in [4.78, 5) is 16.9. The quantitative estimate of drug-likeness (QED) is 0.845. The summed E-state index contributed by atoms with van der Waals surface area (Å²) in [5.41, 5.74) is -0.801. The lowest BCUT2D eigenvalue weighted by molar-refractivity contribution is -0.141. The lowest BCUT2D eigenvalue weighted by atomic mass is 10.1. The van der Waals surface area contributed by atoms with Crippen molar-refractivity contribution in [3.8, 4) is 5.88 Å². The highest BCUT2D eigenvalue weighted by atomic mass is 19.4. The maximum atomic E-state index is 12.6. The highest BCUT2D eigenvalue weighted by Crippen LogP contribution is 2.29. The molecule has 0 bridgehead atoms. The van der Waals surface area contributed by atoms with Crippen molar-refractivity contribution in [2.24, 2.45) is 7.05 Å². The largest absolute Gasteiger partial charge is 0.471 e. The second-order valence-electron chi connectivity index (χ2n) is 5.09. The maximum Gasteiger partial charge on any atom is 0.433 e. The van der Waals surface area contributed by atoms with E-state index in [0.717, 1.165) is 6.07 Å². The molecule has 2 aromatic rings. The molecule has 1 aliphatic rings. The molecule has 1 fully saturated rings. The van der Waals surface area contributed by atoms with Gasteiger partial charge in [0, 0.05) is 13.1 Å². The van der Waals surface area contributed by atoms with Crippen LogP contribution in [0.3, 0.4) is 0 Å². The number of rotatable bonds is 3. The van der Waals surface area contributed by atoms with Gasteiger partial charge in [0.05, 0.1) is 19.3 Å². The molecule has 0 spiro atoms. The van der Waals surface area contributed by atoms with Gasteiger partial charge in [-0.05, 0) is 6.07 Å². The highest BCUT2D eigenvalue weighted by Gasteiger charge is 2.36. The Morgan fingerprint density at radius 1 is 1.35 bits per heavy atom. The number of hydrogen-bond acceptors (Lipinski definition) is 5. The van der Waals surface area contributed by atoms with Gasteiger partial charge in [-0.2, -0.15) is 13.2 Å². The first-order chi connectivity index (χ1) is 10.8. The van der Waals surface area contributed by atoms with Crippen molar-refractivity contribution in [1.29, 1.82) is 0 Å². The molecule has 2 aromatic heterocycles. The Morgan fingerprint density at radius 2 is 2.09 bits per heavy atom. The fourth-order valence-electron chi connectivity index (χ4n) is 2.09. The topological polar surface area (TPSA) is 73.1 Å². The minimum atomic E-state index is -4.52. The van der Waals surface area contributed by atoms with E-state index in [1.54, 1.807) is 7.05 Å². The first kappa shape index (κ1) is 15.3. The number of amides is 1. The number of likely N-dealkylation sites (tertiary alicyclic amines) is 1. The van der Waals surface area contributed by atoms with Crippen LogP contribution in [0.5, 0.6) is 5.88 Å². The molecule has 7 nitrogen and oxygen atoms in total. The molecular formula is C13H12F3N5O2. The zero-order valence-corrected chi connectivity index (χ0v) is 12.0. The highest BCUT2D eigenvalue weighted by molar-refractivity contribution is 5.92. The lowest BCUT2D eigenvalue weighted by Crippen LogP contribution is -2.56. The number of halogens is 3. The number of hydrogen-bond donors (Lipinski definition) is 0. The van der Waals surface area contributed by atoms with E-state index in [2.05, 4.69) is 15.3 Å². The van der Waals surface area contributed by atoms with E-state index < -0.39 is 18.0 Å². The Morgan fingerprint density at radius 3 is 2.70 bits per heavy atom. The van der Waals surface area contributed by atoms with Crippen molar-refractivity contribution in [1.82, 2.24) is 24.9 Å². The zero-order chi connectivity index (χ0) is 16.6. The van der Waals surface area contributed by atoms with Crippen molar-refractivity contribution < 1.29 is 22.7 Å². The SMILES string of the molecule is Cn1cc(C(=O)N2CC(Oc3cccc(C(F)(F)F)n3)C2)nn1. The summed E-state index contributed by atoms with van der Waals surface area (Å²) < 4.78 is 44.5. The molecular weight excluding hydrogens is 315 g/mol. The summed E-state index contributed by atoms with van der Waals surface area (Å²) in [6.45, 7) is 0.515. The van der Waals surface area contributed by atoms with Crippen molar-refractivity contribution in [2.75, 3.05) is 13.1 Å². The van der Waals surface area contributed by atoms with Crippen LogP contribution in [0.4, 0.5) is 13.2 Å². The van der Waals surface area contributed by atoms with Crippen LogP contribution < -0.4 is 4.74 Å². The molecule has 0 unspecified atom stereocenters. The van der Waals surface area contributed by atoms with E-state index in [1.807, 2.05) is 0 Å². The third kappa shape index (κ3) is 3.25. The summed E-state index contributed by atoms with van der Waals surface area (Å²) in [5.74, 6) is -0.411. The summed E-state index contributed by atoms with van der Waals surface area (Å²) in [6, 6.07) is 3.45. The first-order valence-corrected chi connectivity index (χ1v) is 6.69. The van der Waals surface area contributed by atoms with Gasteiger partial charge in [-0.3, -0.25) is 9.48 Å². The van der Waals surface area contributed by atoms with Crippen LogP contribution in [-0.2, 0) is 13.2 Å². The second kappa shape index (κ2) is 5.52. The standard InChI is InChI=1S/C13H12F3N5O2/c1-20-7-9(18-19-20)12(22)21-5-8(6-21)23-11-4-2-3-10(17-11)13(14,15)16/h2-4,7-8H,5-6H2,1H3. The normalized spacial score (nSPS) is 15.4. The van der Waals surface area contributed by atoms with Crippen molar-refractivity contribution >= 4 is 5.91 Å². The van der Waals surface area contributed by atoms with Gasteiger partial charge in [0.1, 0.15) is 11.8 Å². The minimum absolute atomic E-state index is 0.114.